The zero-order valence-corrected chi connectivity index (χ0v) is 13.5. The number of rotatable bonds is 3. The molecule has 0 bridgehead atoms. The number of hydrogen-bond acceptors (Lipinski definition) is 7. The molecule has 9 heteroatoms. The minimum absolute atomic E-state index is 0.108. The number of pyridine rings is 1. The number of carbonyl (C=O) groups is 1. The largest absolute Gasteiger partial charge is 0.508 e. The van der Waals surface area contributed by atoms with E-state index in [1.54, 1.807) is 19.9 Å². The Bertz CT molecular complexity index is 1010. The Morgan fingerprint density at radius 3 is 2.67 bits per heavy atom. The number of aromatic carboxylic acids is 1. The molecule has 0 unspecified atom stereocenters. The Morgan fingerprint density at radius 2 is 2.00 bits per heavy atom. The number of aromatic nitrogens is 4. The molecule has 0 atom stereocenters. The van der Waals surface area contributed by atoms with Gasteiger partial charge in [-0.15, -0.1) is 11.3 Å². The van der Waals surface area contributed by atoms with E-state index in [1.165, 1.54) is 28.2 Å². The maximum atomic E-state index is 12.2. The van der Waals surface area contributed by atoms with Crippen LogP contribution >= 0.6 is 11.3 Å². The van der Waals surface area contributed by atoms with Crippen molar-refractivity contribution in [3.8, 4) is 22.3 Å². The third-order valence-corrected chi connectivity index (χ3v) is 4.23. The highest BCUT2D eigenvalue weighted by Crippen LogP contribution is 2.28. The zero-order valence-electron chi connectivity index (χ0n) is 12.7. The average molecular weight is 344 g/mol. The standard InChI is InChI=1S/C15H12N4O4S/c1-7-5-9(20)6-11(21)19(7)13-8(2)24-14(18-13)10-3-4-16-12(17-10)15(22)23/h3-6,20H,1-2H3,(H,22,23). The van der Waals surface area contributed by atoms with Crippen LogP contribution in [0.5, 0.6) is 5.75 Å². The third-order valence-electron chi connectivity index (χ3n) is 3.25. The Kier molecular flexibility index (Phi) is 3.86. The number of hydrogen-bond donors (Lipinski definition) is 2. The van der Waals surface area contributed by atoms with Crippen molar-refractivity contribution in [1.29, 1.82) is 0 Å². The molecule has 3 aromatic rings. The summed E-state index contributed by atoms with van der Waals surface area (Å²) in [6, 6.07) is 4.13. The highest BCUT2D eigenvalue weighted by Gasteiger charge is 2.17. The summed E-state index contributed by atoms with van der Waals surface area (Å²) in [6.45, 7) is 3.49. The van der Waals surface area contributed by atoms with Gasteiger partial charge in [0.2, 0.25) is 5.82 Å². The molecule has 0 fully saturated rings. The Labute approximate surface area is 139 Å². The second-order valence-electron chi connectivity index (χ2n) is 5.00. The van der Waals surface area contributed by atoms with Gasteiger partial charge in [-0.3, -0.25) is 9.36 Å². The predicted octanol–water partition coefficient (Wildman–Crippen LogP) is 1.77. The molecule has 3 rings (SSSR count). The number of aryl methyl sites for hydroxylation is 2. The number of carboxylic acids is 1. The van der Waals surface area contributed by atoms with E-state index < -0.39 is 11.5 Å². The lowest BCUT2D eigenvalue weighted by molar-refractivity contribution is 0.0683. The highest BCUT2D eigenvalue weighted by molar-refractivity contribution is 7.15. The smallest absolute Gasteiger partial charge is 0.373 e. The normalized spacial score (nSPS) is 10.8. The molecule has 0 spiro atoms. The fourth-order valence-electron chi connectivity index (χ4n) is 2.24. The number of carboxylic acid groups (broad SMARTS) is 1. The molecule has 0 saturated carbocycles. The number of thiazole rings is 1. The molecule has 0 aliphatic carbocycles. The molecule has 0 radical (unpaired) electrons. The van der Waals surface area contributed by atoms with E-state index in [0.29, 0.717) is 22.2 Å². The van der Waals surface area contributed by atoms with Crippen LogP contribution in [0.15, 0.2) is 29.2 Å². The first-order valence-electron chi connectivity index (χ1n) is 6.84. The van der Waals surface area contributed by atoms with Crippen LogP contribution in [0.2, 0.25) is 0 Å². The lowest BCUT2D eigenvalue weighted by Crippen LogP contribution is -2.20. The fourth-order valence-corrected chi connectivity index (χ4v) is 3.11. The number of nitrogens with zero attached hydrogens (tertiary/aromatic N) is 4. The van der Waals surface area contributed by atoms with Gasteiger partial charge in [0.25, 0.3) is 5.56 Å². The van der Waals surface area contributed by atoms with E-state index in [1.807, 2.05) is 0 Å². The average Bonchev–Trinajstić information content (AvgIpc) is 2.88. The molecule has 3 aromatic heterocycles. The van der Waals surface area contributed by atoms with Crippen molar-refractivity contribution in [2.45, 2.75) is 13.8 Å². The van der Waals surface area contributed by atoms with Crippen molar-refractivity contribution < 1.29 is 15.0 Å². The number of aromatic hydroxyl groups is 1. The van der Waals surface area contributed by atoms with Crippen molar-refractivity contribution in [2.24, 2.45) is 0 Å². The second kappa shape index (κ2) is 5.85. The predicted molar refractivity (Wildman–Crippen MR) is 86.8 cm³/mol. The van der Waals surface area contributed by atoms with E-state index in [9.17, 15) is 14.7 Å². The Hall–Kier alpha value is -3.07. The monoisotopic (exact) mass is 344 g/mol. The summed E-state index contributed by atoms with van der Waals surface area (Å²) in [6.07, 6.45) is 1.35. The van der Waals surface area contributed by atoms with Crippen LogP contribution in [0.4, 0.5) is 0 Å². The van der Waals surface area contributed by atoms with Crippen molar-refractivity contribution in [3.05, 3.63) is 51.1 Å². The van der Waals surface area contributed by atoms with Gasteiger partial charge in [0.05, 0.1) is 0 Å². The molecule has 3 heterocycles. The van der Waals surface area contributed by atoms with Gasteiger partial charge in [-0.25, -0.2) is 19.7 Å². The molecule has 0 aromatic carbocycles. The minimum Gasteiger partial charge on any atom is -0.508 e. The van der Waals surface area contributed by atoms with Crippen molar-refractivity contribution in [2.75, 3.05) is 0 Å². The third kappa shape index (κ3) is 2.76. The van der Waals surface area contributed by atoms with E-state index in [-0.39, 0.29) is 11.6 Å². The maximum Gasteiger partial charge on any atom is 0.373 e. The summed E-state index contributed by atoms with van der Waals surface area (Å²) in [7, 11) is 0. The van der Waals surface area contributed by atoms with E-state index in [4.69, 9.17) is 5.11 Å². The van der Waals surface area contributed by atoms with Gasteiger partial charge in [0.15, 0.2) is 5.82 Å². The molecule has 2 N–H and O–H groups in total. The summed E-state index contributed by atoms with van der Waals surface area (Å²) in [5, 5.41) is 19.0. The van der Waals surface area contributed by atoms with Crippen LogP contribution in [0.1, 0.15) is 21.2 Å². The molecule has 0 saturated heterocycles. The summed E-state index contributed by atoms with van der Waals surface area (Å²) < 4.78 is 1.38. The van der Waals surface area contributed by atoms with E-state index >= 15 is 0 Å². The van der Waals surface area contributed by atoms with Crippen LogP contribution in [0, 0.1) is 13.8 Å². The zero-order chi connectivity index (χ0) is 17.4. The van der Waals surface area contributed by atoms with Crippen LogP contribution in [-0.4, -0.2) is 35.7 Å². The SMILES string of the molecule is Cc1sc(-c2ccnc(C(=O)O)n2)nc1-n1c(C)cc(O)cc1=O. The van der Waals surface area contributed by atoms with E-state index in [0.717, 1.165) is 10.9 Å². The summed E-state index contributed by atoms with van der Waals surface area (Å²) >= 11 is 1.29. The van der Waals surface area contributed by atoms with Gasteiger partial charge >= 0.3 is 5.97 Å². The molecule has 0 aliphatic rings. The molecule has 24 heavy (non-hydrogen) atoms. The van der Waals surface area contributed by atoms with Crippen LogP contribution in [-0.2, 0) is 0 Å². The minimum atomic E-state index is -1.23. The summed E-state index contributed by atoms with van der Waals surface area (Å²) in [5.41, 5.74) is 0.501. The Morgan fingerprint density at radius 1 is 1.25 bits per heavy atom. The summed E-state index contributed by atoms with van der Waals surface area (Å²) in [4.78, 5) is 36.0. The maximum absolute atomic E-state index is 12.2. The van der Waals surface area contributed by atoms with Crippen LogP contribution in [0.25, 0.3) is 16.5 Å². The topological polar surface area (TPSA) is 118 Å². The van der Waals surface area contributed by atoms with Gasteiger partial charge in [0.1, 0.15) is 16.5 Å². The van der Waals surface area contributed by atoms with Crippen LogP contribution in [0.3, 0.4) is 0 Å². The quantitative estimate of drug-likeness (QED) is 0.743. The first-order chi connectivity index (χ1) is 11.4. The molecular formula is C15H12N4O4S. The molecule has 8 nitrogen and oxygen atoms in total. The first kappa shape index (κ1) is 15.8. The highest BCUT2D eigenvalue weighted by atomic mass is 32.1. The molecule has 122 valence electrons. The van der Waals surface area contributed by atoms with Gasteiger partial charge < -0.3 is 10.2 Å². The molecule has 0 amide bonds. The lowest BCUT2D eigenvalue weighted by Gasteiger charge is -2.07. The van der Waals surface area contributed by atoms with Gasteiger partial charge in [-0.1, -0.05) is 0 Å². The van der Waals surface area contributed by atoms with Crippen molar-refractivity contribution in [1.82, 2.24) is 19.5 Å². The molecular weight excluding hydrogens is 332 g/mol. The van der Waals surface area contributed by atoms with Crippen LogP contribution < -0.4 is 5.56 Å². The summed E-state index contributed by atoms with van der Waals surface area (Å²) in [5.74, 6) is -1.23. The fraction of sp³-hybridized carbons (Fsp3) is 0.133. The second-order valence-corrected chi connectivity index (χ2v) is 6.20. The van der Waals surface area contributed by atoms with E-state index in [2.05, 4.69) is 15.0 Å². The van der Waals surface area contributed by atoms with Crippen molar-refractivity contribution in [3.63, 3.8) is 0 Å². The molecule has 0 aliphatic heterocycles. The van der Waals surface area contributed by atoms with Gasteiger partial charge in [-0.05, 0) is 26.0 Å². The van der Waals surface area contributed by atoms with Gasteiger partial charge in [-0.2, -0.15) is 0 Å². The lowest BCUT2D eigenvalue weighted by atomic mass is 10.3. The van der Waals surface area contributed by atoms with Gasteiger partial charge in [0, 0.05) is 22.8 Å². The Balaban J connectivity index is 2.14. The first-order valence-corrected chi connectivity index (χ1v) is 7.65. The van der Waals surface area contributed by atoms with Crippen molar-refractivity contribution >= 4 is 17.3 Å².